The number of nitrogens with two attached hydrogens (primary N) is 1. The predicted molar refractivity (Wildman–Crippen MR) is 313 cm³/mol. The smallest absolute Gasteiger partial charge is 0.410 e. The van der Waals surface area contributed by atoms with E-state index in [1.165, 1.54) is 81.5 Å². The van der Waals surface area contributed by atoms with Crippen molar-refractivity contribution in [1.82, 2.24) is 34.3 Å². The first kappa shape index (κ1) is 65.1. The minimum atomic E-state index is -4.77. The lowest BCUT2D eigenvalue weighted by molar-refractivity contribution is -0.275. The fourth-order valence-electron chi connectivity index (χ4n) is 7.69. The normalized spacial score (nSPS) is 12.3. The molecule has 454 valence electrons. The Hall–Kier alpha value is -9.10. The van der Waals surface area contributed by atoms with E-state index in [4.69, 9.17) is 24.3 Å². The molecule has 0 aliphatic carbocycles. The standard InChI is InChI=1S/C22H20F3N5O3.C14H10F3N3O.C14H16N2O3.C6H15N.C4H8O/c1-21(2,3)18-11-19(29-33-18)28-20(31)27-13-4-6-14(7-5-13)30-12-26-16-10-15(8-9-17(16)30)32-22(23,24)25;15-14(16,17)21-11-5-6-13-12(7-11)19-8-20(13)10-3-1-9(18)2-4-10;1-14(2,3)11-9-12(16-19-11)15-13(17)18-10-7-5-4-6-8-10;1-4-7(5-2)6-3;1-2-4-5-3-1/h4-12H,1-3H3,(H2,27,28,29,31);1-8H,18H2;4-9H,1-3H3,(H,15,16,17);4-6H2,1-3H3;1-4H2. The third-order valence-electron chi connectivity index (χ3n) is 12.2. The number of nitrogens with zero attached hydrogens (tertiary/aromatic N) is 7. The molecule has 5 N–H and O–H groups in total. The van der Waals surface area contributed by atoms with Gasteiger partial charge < -0.3 is 43.9 Å². The van der Waals surface area contributed by atoms with Gasteiger partial charge in [0.05, 0.1) is 22.1 Å². The molecule has 5 heterocycles. The Labute approximate surface area is 487 Å². The van der Waals surface area contributed by atoms with Crippen LogP contribution in [0.2, 0.25) is 0 Å². The Morgan fingerprint density at radius 2 is 1.02 bits per heavy atom. The summed E-state index contributed by atoms with van der Waals surface area (Å²) in [5.74, 6) is 1.82. The van der Waals surface area contributed by atoms with Crippen molar-refractivity contribution in [2.24, 2.45) is 0 Å². The van der Waals surface area contributed by atoms with Crippen molar-refractivity contribution >= 4 is 57.2 Å². The molecule has 85 heavy (non-hydrogen) atoms. The number of anilines is 4. The van der Waals surface area contributed by atoms with E-state index < -0.39 is 24.8 Å². The Morgan fingerprint density at radius 3 is 1.41 bits per heavy atom. The quantitative estimate of drug-likeness (QED) is 0.0699. The van der Waals surface area contributed by atoms with E-state index in [9.17, 15) is 35.9 Å². The van der Waals surface area contributed by atoms with E-state index in [0.717, 1.165) is 18.9 Å². The molecule has 0 atom stereocenters. The summed E-state index contributed by atoms with van der Waals surface area (Å²) >= 11 is 0. The molecule has 25 heteroatoms. The van der Waals surface area contributed by atoms with Crippen LogP contribution in [-0.4, -0.2) is 92.0 Å². The van der Waals surface area contributed by atoms with Crippen molar-refractivity contribution in [3.63, 3.8) is 0 Å². The minimum absolute atomic E-state index is 0.156. The number of aromatic nitrogens is 6. The Balaban J connectivity index is 0.000000192. The fourth-order valence-corrected chi connectivity index (χ4v) is 7.69. The van der Waals surface area contributed by atoms with Gasteiger partial charge in [-0.1, -0.05) is 90.8 Å². The van der Waals surface area contributed by atoms with Gasteiger partial charge in [0.1, 0.15) is 41.4 Å². The third-order valence-corrected chi connectivity index (χ3v) is 12.2. The minimum Gasteiger partial charge on any atom is -0.410 e. The van der Waals surface area contributed by atoms with Crippen LogP contribution in [0.4, 0.5) is 58.9 Å². The fraction of sp³-hybridized carbons (Fsp3) is 0.333. The van der Waals surface area contributed by atoms with Crippen LogP contribution in [0, 0.1) is 0 Å². The van der Waals surface area contributed by atoms with Crippen LogP contribution in [0.15, 0.2) is 149 Å². The van der Waals surface area contributed by atoms with E-state index in [-0.39, 0.29) is 22.3 Å². The molecule has 10 rings (SSSR count). The maximum Gasteiger partial charge on any atom is 0.573 e. The molecular formula is C60H69F6N11O8. The molecule has 0 unspecified atom stereocenters. The van der Waals surface area contributed by atoms with Gasteiger partial charge >= 0.3 is 24.8 Å². The lowest BCUT2D eigenvalue weighted by Gasteiger charge is -2.13. The van der Waals surface area contributed by atoms with Crippen molar-refractivity contribution in [3.8, 4) is 28.6 Å². The Kier molecular flexibility index (Phi) is 22.5. The molecule has 1 fully saturated rings. The van der Waals surface area contributed by atoms with Gasteiger partial charge in [0.25, 0.3) is 0 Å². The van der Waals surface area contributed by atoms with Crippen molar-refractivity contribution in [1.29, 1.82) is 0 Å². The molecule has 1 saturated heterocycles. The zero-order valence-electron chi connectivity index (χ0n) is 48.5. The molecule has 1 aliphatic heterocycles. The molecule has 19 nitrogen and oxygen atoms in total. The molecule has 0 bridgehead atoms. The van der Waals surface area contributed by atoms with Crippen molar-refractivity contribution in [3.05, 3.63) is 152 Å². The monoisotopic (exact) mass is 1190 g/mol. The molecule has 1 aliphatic rings. The van der Waals surface area contributed by atoms with Gasteiger partial charge in [-0.15, -0.1) is 26.3 Å². The number of para-hydroxylation sites is 1. The van der Waals surface area contributed by atoms with Crippen LogP contribution < -0.4 is 35.9 Å². The number of hydrogen-bond acceptors (Lipinski definition) is 14. The highest BCUT2D eigenvalue weighted by molar-refractivity contribution is 5.99. The largest absolute Gasteiger partial charge is 0.573 e. The van der Waals surface area contributed by atoms with Crippen LogP contribution in [0.3, 0.4) is 0 Å². The lowest BCUT2D eigenvalue weighted by Crippen LogP contribution is -2.21. The number of ether oxygens (including phenoxy) is 4. The van der Waals surface area contributed by atoms with E-state index in [0.29, 0.717) is 68.0 Å². The van der Waals surface area contributed by atoms with Crippen molar-refractivity contribution in [2.75, 3.05) is 54.5 Å². The van der Waals surface area contributed by atoms with E-state index in [1.807, 2.05) is 47.6 Å². The Morgan fingerprint density at radius 1 is 0.576 bits per heavy atom. The maximum atomic E-state index is 12.4. The highest BCUT2D eigenvalue weighted by Gasteiger charge is 2.32. The number of alkyl halides is 6. The average molecular weight is 1190 g/mol. The number of urea groups is 1. The summed E-state index contributed by atoms with van der Waals surface area (Å²) in [5, 5.41) is 15.4. The second-order valence-electron chi connectivity index (χ2n) is 20.8. The van der Waals surface area contributed by atoms with E-state index >= 15 is 0 Å². The molecule has 4 aromatic heterocycles. The number of rotatable bonds is 11. The topological polar surface area (TPSA) is 224 Å². The first-order valence-corrected chi connectivity index (χ1v) is 27.0. The number of hydrogen-bond donors (Lipinski definition) is 4. The van der Waals surface area contributed by atoms with Gasteiger partial charge in [0.15, 0.2) is 11.6 Å². The molecule has 0 radical (unpaired) electrons. The van der Waals surface area contributed by atoms with Crippen LogP contribution in [0.25, 0.3) is 33.4 Å². The number of amides is 3. The van der Waals surface area contributed by atoms with Crippen LogP contribution in [0.5, 0.6) is 17.2 Å². The first-order chi connectivity index (χ1) is 40.2. The number of carbonyl (C=O) groups excluding carboxylic acids is 2. The van der Waals surface area contributed by atoms with Crippen LogP contribution >= 0.6 is 0 Å². The van der Waals surface area contributed by atoms with E-state index in [1.54, 1.807) is 94.1 Å². The number of nitrogen functional groups attached to an aromatic ring is 1. The number of benzene rings is 5. The van der Waals surface area contributed by atoms with Crippen molar-refractivity contribution < 1.29 is 63.9 Å². The maximum absolute atomic E-state index is 12.4. The molecule has 5 aromatic carbocycles. The molecule has 0 saturated carbocycles. The molecule has 0 spiro atoms. The van der Waals surface area contributed by atoms with Crippen molar-refractivity contribution in [2.45, 2.75) is 98.7 Å². The third kappa shape index (κ3) is 20.9. The molecule has 9 aromatic rings. The number of nitrogens with one attached hydrogen (secondary N) is 3. The second-order valence-corrected chi connectivity index (χ2v) is 20.8. The van der Waals surface area contributed by atoms with Gasteiger partial charge in [-0.25, -0.2) is 19.6 Å². The molecular weight excluding hydrogens is 1120 g/mol. The van der Waals surface area contributed by atoms with Gasteiger partial charge in [-0.05, 0) is 117 Å². The van der Waals surface area contributed by atoms with Gasteiger partial charge in [-0.3, -0.25) is 19.8 Å². The van der Waals surface area contributed by atoms with Gasteiger partial charge in [0.2, 0.25) is 0 Å². The zero-order chi connectivity index (χ0) is 62.0. The average Bonchev–Trinajstić information content (AvgIpc) is 2.89. The van der Waals surface area contributed by atoms with E-state index in [2.05, 4.69) is 71.4 Å². The highest BCUT2D eigenvalue weighted by atomic mass is 19.4. The second kappa shape index (κ2) is 29.4. The summed E-state index contributed by atoms with van der Waals surface area (Å²) in [6.45, 7) is 24.0. The lowest BCUT2D eigenvalue weighted by atomic mass is 9.93. The zero-order valence-corrected chi connectivity index (χ0v) is 48.5. The highest BCUT2D eigenvalue weighted by Crippen LogP contribution is 2.31. The summed E-state index contributed by atoms with van der Waals surface area (Å²) in [5.41, 5.74) is 9.95. The summed E-state index contributed by atoms with van der Waals surface area (Å²) < 4.78 is 106. The summed E-state index contributed by atoms with van der Waals surface area (Å²) in [4.78, 5) is 34.5. The number of carbonyl (C=O) groups is 2. The summed E-state index contributed by atoms with van der Waals surface area (Å²) in [7, 11) is 0. The summed E-state index contributed by atoms with van der Waals surface area (Å²) in [6, 6.07) is 33.6. The molecule has 3 amide bonds. The number of imidazole rings is 2. The predicted octanol–water partition coefficient (Wildman–Crippen LogP) is 15.1. The SMILES string of the molecule is C1CCOC1.CC(C)(C)c1cc(NC(=O)Nc2ccc(-n3cnc4cc(OC(F)(F)F)ccc43)cc2)no1.CC(C)(C)c1cc(NC(=O)Oc2ccccc2)no1.CCN(CC)CC.Nc1ccc(-n2cnc3cc(OC(F)(F)F)ccc32)cc1. The van der Waals surface area contributed by atoms with Gasteiger partial charge in [-0.2, -0.15) is 0 Å². The van der Waals surface area contributed by atoms with Crippen LogP contribution in [0.1, 0.15) is 86.7 Å². The number of fused-ring (bicyclic) bond motifs is 2. The first-order valence-electron chi connectivity index (χ1n) is 27.0. The summed E-state index contributed by atoms with van der Waals surface area (Å²) in [6.07, 6.45) is -4.50. The number of halogens is 6. The Bertz CT molecular complexity index is 3490. The van der Waals surface area contributed by atoms with Crippen LogP contribution in [-0.2, 0) is 15.6 Å². The van der Waals surface area contributed by atoms with Gasteiger partial charge in [0, 0.05) is 71.1 Å².